The fourth-order valence-electron chi connectivity index (χ4n) is 1.72. The first-order valence-electron chi connectivity index (χ1n) is 7.01. The molecule has 0 saturated heterocycles. The molecule has 1 rings (SSSR count). The Labute approximate surface area is 111 Å². The number of quaternary nitrogens is 1. The number of nitrogens with two attached hydrogens (primary N) is 1. The molecule has 4 heteroatoms. The van der Waals surface area contributed by atoms with Gasteiger partial charge in [-0.05, 0) is 20.3 Å². The second-order valence-corrected chi connectivity index (χ2v) is 4.63. The van der Waals surface area contributed by atoms with Crippen LogP contribution in [0.25, 0.3) is 0 Å². The van der Waals surface area contributed by atoms with Crippen molar-refractivity contribution in [1.29, 1.82) is 0 Å². The van der Waals surface area contributed by atoms with Crippen molar-refractivity contribution in [1.82, 2.24) is 9.47 Å². The van der Waals surface area contributed by atoms with Crippen LogP contribution in [0.2, 0.25) is 0 Å². The highest BCUT2D eigenvalue weighted by Crippen LogP contribution is 1.88. The highest BCUT2D eigenvalue weighted by Gasteiger charge is 2.00. The normalized spacial score (nSPS) is 11.3. The lowest BCUT2D eigenvalue weighted by molar-refractivity contribution is -0.697. The first-order chi connectivity index (χ1) is 8.76. The van der Waals surface area contributed by atoms with E-state index in [-0.39, 0.29) is 0 Å². The first kappa shape index (κ1) is 14.8. The van der Waals surface area contributed by atoms with Gasteiger partial charge in [-0.2, -0.15) is 0 Å². The number of rotatable bonds is 9. The molecule has 2 N–H and O–H groups in total. The number of hydrogen-bond donors (Lipinski definition) is 1. The minimum atomic E-state index is 1.05. The van der Waals surface area contributed by atoms with Crippen molar-refractivity contribution in [2.75, 3.05) is 20.1 Å². The van der Waals surface area contributed by atoms with Gasteiger partial charge >= 0.3 is 0 Å². The summed E-state index contributed by atoms with van der Waals surface area (Å²) in [5.41, 5.74) is 0. The molecule has 0 saturated carbocycles. The Morgan fingerprint density at radius 3 is 2.83 bits per heavy atom. The molecule has 0 bridgehead atoms. The van der Waals surface area contributed by atoms with Gasteiger partial charge < -0.3 is 10.2 Å². The van der Waals surface area contributed by atoms with E-state index in [2.05, 4.69) is 71.4 Å². The summed E-state index contributed by atoms with van der Waals surface area (Å²) in [5, 5.41) is 2.26. The van der Waals surface area contributed by atoms with Crippen LogP contribution in [-0.4, -0.2) is 29.6 Å². The fourth-order valence-corrected chi connectivity index (χ4v) is 1.72. The Morgan fingerprint density at radius 2 is 2.17 bits per heavy atom. The molecule has 0 fully saturated rings. The van der Waals surface area contributed by atoms with Crippen LogP contribution in [0, 0.1) is 0 Å². The monoisotopic (exact) mass is 252 g/mol. The van der Waals surface area contributed by atoms with Crippen molar-refractivity contribution in [3.63, 3.8) is 0 Å². The minimum Gasteiger partial charge on any atom is -0.376 e. The minimum absolute atomic E-state index is 1.05. The van der Waals surface area contributed by atoms with Gasteiger partial charge in [0.1, 0.15) is 18.6 Å². The predicted molar refractivity (Wildman–Crippen MR) is 73.8 cm³/mol. The van der Waals surface area contributed by atoms with Gasteiger partial charge in [-0.25, -0.2) is 9.13 Å². The van der Waals surface area contributed by atoms with Crippen LogP contribution >= 0.6 is 0 Å². The Hall–Kier alpha value is -1.29. The van der Waals surface area contributed by atoms with Crippen molar-refractivity contribution in [3.8, 4) is 0 Å². The summed E-state index contributed by atoms with van der Waals surface area (Å²) in [6.45, 7) is 8.73. The van der Waals surface area contributed by atoms with Crippen LogP contribution in [0.5, 0.6) is 0 Å². The molecule has 0 atom stereocenters. The zero-order valence-corrected chi connectivity index (χ0v) is 12.0. The molecular formula is C14H28N4+2. The van der Waals surface area contributed by atoms with Crippen LogP contribution in [0.15, 0.2) is 31.1 Å². The van der Waals surface area contributed by atoms with Crippen LogP contribution < -0.4 is 9.88 Å². The van der Waals surface area contributed by atoms with Crippen molar-refractivity contribution in [2.45, 2.75) is 39.8 Å². The number of hydrogen-bond acceptors (Lipinski definition) is 1. The molecule has 0 aromatic carbocycles. The average Bonchev–Trinajstić information content (AvgIpc) is 2.85. The highest BCUT2D eigenvalue weighted by atomic mass is 15.1. The Morgan fingerprint density at radius 1 is 1.33 bits per heavy atom. The molecule has 1 heterocycles. The molecule has 102 valence electrons. The zero-order chi connectivity index (χ0) is 13.2. The van der Waals surface area contributed by atoms with Crippen LogP contribution in [-0.2, 0) is 13.1 Å². The van der Waals surface area contributed by atoms with Gasteiger partial charge in [0.2, 0.25) is 6.33 Å². The second kappa shape index (κ2) is 8.75. The standard InChI is InChI=1S/C14H27N4/c1-4-16(3)11-9-15-8-6-7-10-18-13-12-17(5-2)14-18/h9,11-15H,4-8,10H2,1-3H3/q+1/p+1/b11-9-. The average molecular weight is 252 g/mol. The van der Waals surface area contributed by atoms with Crippen LogP contribution in [0.1, 0.15) is 26.7 Å². The van der Waals surface area contributed by atoms with E-state index in [0.29, 0.717) is 0 Å². The Balaban J connectivity index is 2.03. The lowest BCUT2D eigenvalue weighted by Crippen LogP contribution is -2.78. The largest absolute Gasteiger partial charge is 0.376 e. The van der Waals surface area contributed by atoms with Gasteiger partial charge in [0.15, 0.2) is 0 Å². The topological polar surface area (TPSA) is 28.7 Å². The lowest BCUT2D eigenvalue weighted by atomic mass is 10.3. The van der Waals surface area contributed by atoms with Gasteiger partial charge in [0.05, 0.1) is 25.8 Å². The summed E-state index contributed by atoms with van der Waals surface area (Å²) in [7, 11) is 2.10. The third-order valence-electron chi connectivity index (χ3n) is 3.12. The third-order valence-corrected chi connectivity index (χ3v) is 3.12. The molecule has 0 radical (unpaired) electrons. The van der Waals surface area contributed by atoms with Gasteiger partial charge in [-0.1, -0.05) is 0 Å². The Kier molecular flexibility index (Phi) is 7.18. The maximum Gasteiger partial charge on any atom is 0.243 e. The van der Waals surface area contributed by atoms with E-state index in [1.165, 1.54) is 19.4 Å². The smallest absolute Gasteiger partial charge is 0.243 e. The molecule has 1 aromatic heterocycles. The van der Waals surface area contributed by atoms with E-state index in [9.17, 15) is 0 Å². The lowest BCUT2D eigenvalue weighted by Gasteiger charge is -2.07. The molecule has 0 aliphatic carbocycles. The number of aryl methyl sites for hydroxylation is 2. The van der Waals surface area contributed by atoms with Crippen molar-refractivity contribution in [2.24, 2.45) is 0 Å². The summed E-state index contributed by atoms with van der Waals surface area (Å²) < 4.78 is 4.47. The van der Waals surface area contributed by atoms with Crippen LogP contribution in [0.3, 0.4) is 0 Å². The summed E-state index contributed by atoms with van der Waals surface area (Å²) in [5.74, 6) is 0. The fraction of sp³-hybridized carbons (Fsp3) is 0.643. The van der Waals surface area contributed by atoms with Gasteiger partial charge in [-0.15, -0.1) is 0 Å². The van der Waals surface area contributed by atoms with Crippen molar-refractivity contribution < 1.29 is 9.88 Å². The number of unbranched alkanes of at least 4 members (excludes halogenated alkanes) is 1. The first-order valence-corrected chi connectivity index (χ1v) is 7.01. The molecule has 0 aliphatic heterocycles. The third kappa shape index (κ3) is 5.87. The van der Waals surface area contributed by atoms with E-state index in [1.54, 1.807) is 0 Å². The molecule has 0 spiro atoms. The van der Waals surface area contributed by atoms with E-state index < -0.39 is 0 Å². The predicted octanol–water partition coefficient (Wildman–Crippen LogP) is 0.562. The second-order valence-electron chi connectivity index (χ2n) is 4.63. The van der Waals surface area contributed by atoms with E-state index >= 15 is 0 Å². The summed E-state index contributed by atoms with van der Waals surface area (Å²) in [6, 6.07) is 0. The zero-order valence-electron chi connectivity index (χ0n) is 12.0. The molecule has 0 amide bonds. The summed E-state index contributed by atoms with van der Waals surface area (Å²) in [4.78, 5) is 2.18. The maximum atomic E-state index is 2.27. The summed E-state index contributed by atoms with van der Waals surface area (Å²) >= 11 is 0. The highest BCUT2D eigenvalue weighted by molar-refractivity contribution is 4.68. The van der Waals surface area contributed by atoms with E-state index in [1.807, 2.05) is 0 Å². The Bertz CT molecular complexity index is 343. The van der Waals surface area contributed by atoms with Gasteiger partial charge in [0.25, 0.3) is 0 Å². The number of imidazole rings is 1. The molecule has 4 nitrogen and oxygen atoms in total. The summed E-state index contributed by atoms with van der Waals surface area (Å²) in [6.07, 6.45) is 13.3. The van der Waals surface area contributed by atoms with Crippen molar-refractivity contribution >= 4 is 0 Å². The molecular weight excluding hydrogens is 224 g/mol. The molecule has 0 aliphatic rings. The SMILES string of the molecule is CCN(C)/C=C\[NH2+]CCCC[n+]1ccn(CC)c1. The molecule has 0 unspecified atom stereocenters. The number of aromatic nitrogens is 2. The van der Waals surface area contributed by atoms with Crippen molar-refractivity contribution in [3.05, 3.63) is 31.1 Å². The van der Waals surface area contributed by atoms with E-state index in [4.69, 9.17) is 0 Å². The number of nitrogens with zero attached hydrogens (tertiary/aromatic N) is 3. The van der Waals surface area contributed by atoms with E-state index in [0.717, 1.165) is 19.6 Å². The maximum absolute atomic E-state index is 2.27. The molecule has 18 heavy (non-hydrogen) atoms. The molecule has 1 aromatic rings. The quantitative estimate of drug-likeness (QED) is 0.505. The van der Waals surface area contributed by atoms with Gasteiger partial charge in [0, 0.05) is 20.0 Å². The van der Waals surface area contributed by atoms with Gasteiger partial charge in [-0.3, -0.25) is 0 Å². The van der Waals surface area contributed by atoms with Crippen LogP contribution in [0.4, 0.5) is 0 Å².